The van der Waals surface area contributed by atoms with Crippen molar-refractivity contribution in [2.45, 2.75) is 6.42 Å². The summed E-state index contributed by atoms with van der Waals surface area (Å²) < 4.78 is 5.05. The Bertz CT molecular complexity index is 480. The molecule has 3 nitrogen and oxygen atoms in total. The Morgan fingerprint density at radius 1 is 1.12 bits per heavy atom. The number of pyridine rings is 1. The molecular weight excluding hydrogens is 212 g/mol. The average molecular weight is 228 g/mol. The summed E-state index contributed by atoms with van der Waals surface area (Å²) in [6.45, 7) is 0.749. The first-order chi connectivity index (χ1) is 8.29. The van der Waals surface area contributed by atoms with Crippen LogP contribution in [0.2, 0.25) is 0 Å². The lowest BCUT2D eigenvalue weighted by molar-refractivity contribution is 0.202. The highest BCUT2D eigenvalue weighted by Gasteiger charge is 1.99. The van der Waals surface area contributed by atoms with E-state index < -0.39 is 0 Å². The summed E-state index contributed by atoms with van der Waals surface area (Å²) in [6, 6.07) is 10.3. The highest BCUT2D eigenvalue weighted by molar-refractivity contribution is 5.66. The first kappa shape index (κ1) is 11.6. The molecule has 0 atom stereocenters. The van der Waals surface area contributed by atoms with E-state index in [1.807, 2.05) is 12.3 Å². The fraction of sp³-hybridized carbons (Fsp3) is 0.214. The molecule has 2 aromatic rings. The monoisotopic (exact) mass is 228 g/mol. The zero-order valence-electron chi connectivity index (χ0n) is 9.89. The molecule has 1 heterocycles. The Labute approximate surface area is 101 Å². The van der Waals surface area contributed by atoms with E-state index in [1.165, 1.54) is 5.56 Å². The van der Waals surface area contributed by atoms with E-state index in [9.17, 15) is 0 Å². The van der Waals surface area contributed by atoms with Gasteiger partial charge in [0.15, 0.2) is 0 Å². The van der Waals surface area contributed by atoms with Gasteiger partial charge in [0.1, 0.15) is 0 Å². The largest absolute Gasteiger partial charge is 0.397 e. The zero-order chi connectivity index (χ0) is 12.1. The molecule has 3 heteroatoms. The second-order valence-corrected chi connectivity index (χ2v) is 3.95. The van der Waals surface area contributed by atoms with Crippen molar-refractivity contribution < 1.29 is 4.74 Å². The maximum absolute atomic E-state index is 5.71. The topological polar surface area (TPSA) is 48.1 Å². The fourth-order valence-electron chi connectivity index (χ4n) is 1.70. The minimum Gasteiger partial charge on any atom is -0.397 e. The quantitative estimate of drug-likeness (QED) is 0.874. The predicted molar refractivity (Wildman–Crippen MR) is 69.7 cm³/mol. The average Bonchev–Trinajstić information content (AvgIpc) is 2.37. The standard InChI is InChI=1S/C14H16N2O/c1-17-7-6-11-2-4-12(5-3-11)13-8-14(15)10-16-9-13/h2-5,8-10H,6-7,15H2,1H3. The molecule has 0 radical (unpaired) electrons. The van der Waals surface area contributed by atoms with Crippen LogP contribution in [0.15, 0.2) is 42.7 Å². The SMILES string of the molecule is COCCc1ccc(-c2cncc(N)c2)cc1. The number of ether oxygens (including phenoxy) is 1. The molecule has 0 saturated heterocycles. The molecular formula is C14H16N2O. The molecule has 17 heavy (non-hydrogen) atoms. The van der Waals surface area contributed by atoms with E-state index in [-0.39, 0.29) is 0 Å². The molecule has 1 aromatic carbocycles. The predicted octanol–water partition coefficient (Wildman–Crippen LogP) is 2.52. The van der Waals surface area contributed by atoms with Gasteiger partial charge in [0.05, 0.1) is 12.3 Å². The number of benzene rings is 1. The lowest BCUT2D eigenvalue weighted by Gasteiger charge is -2.04. The molecule has 1 aromatic heterocycles. The van der Waals surface area contributed by atoms with Gasteiger partial charge in [0.25, 0.3) is 0 Å². The highest BCUT2D eigenvalue weighted by atomic mass is 16.5. The second-order valence-electron chi connectivity index (χ2n) is 3.95. The summed E-state index contributed by atoms with van der Waals surface area (Å²) in [6.07, 6.45) is 4.41. The van der Waals surface area contributed by atoms with E-state index in [0.29, 0.717) is 5.69 Å². The summed E-state index contributed by atoms with van der Waals surface area (Å²) in [5, 5.41) is 0. The summed E-state index contributed by atoms with van der Waals surface area (Å²) >= 11 is 0. The van der Waals surface area contributed by atoms with Crippen LogP contribution in [0, 0.1) is 0 Å². The minimum atomic E-state index is 0.686. The molecule has 0 amide bonds. The van der Waals surface area contributed by atoms with Crippen molar-refractivity contribution in [1.82, 2.24) is 4.98 Å². The van der Waals surface area contributed by atoms with E-state index >= 15 is 0 Å². The van der Waals surface area contributed by atoms with Crippen molar-refractivity contribution in [3.63, 3.8) is 0 Å². The molecule has 0 bridgehead atoms. The van der Waals surface area contributed by atoms with Gasteiger partial charge in [0.2, 0.25) is 0 Å². The smallest absolute Gasteiger partial charge is 0.0506 e. The summed E-state index contributed by atoms with van der Waals surface area (Å²) in [5.74, 6) is 0. The first-order valence-corrected chi connectivity index (χ1v) is 5.58. The second kappa shape index (κ2) is 5.46. The van der Waals surface area contributed by atoms with Crippen molar-refractivity contribution >= 4 is 5.69 Å². The number of aromatic nitrogens is 1. The van der Waals surface area contributed by atoms with Crippen LogP contribution < -0.4 is 5.73 Å². The molecule has 0 saturated carbocycles. The zero-order valence-corrected chi connectivity index (χ0v) is 9.89. The van der Waals surface area contributed by atoms with Gasteiger partial charge in [-0.3, -0.25) is 4.98 Å². The van der Waals surface area contributed by atoms with Gasteiger partial charge in [-0.05, 0) is 23.6 Å². The van der Waals surface area contributed by atoms with E-state index in [1.54, 1.807) is 13.3 Å². The number of nitrogens with two attached hydrogens (primary N) is 1. The Balaban J connectivity index is 2.17. The maximum Gasteiger partial charge on any atom is 0.0506 e. The Morgan fingerprint density at radius 2 is 1.88 bits per heavy atom. The first-order valence-electron chi connectivity index (χ1n) is 5.58. The molecule has 0 aliphatic carbocycles. The minimum absolute atomic E-state index is 0.686. The highest BCUT2D eigenvalue weighted by Crippen LogP contribution is 2.20. The molecule has 0 aliphatic heterocycles. The molecule has 0 aliphatic rings. The molecule has 88 valence electrons. The van der Waals surface area contributed by atoms with Gasteiger partial charge >= 0.3 is 0 Å². The van der Waals surface area contributed by atoms with Crippen molar-refractivity contribution in [3.8, 4) is 11.1 Å². The van der Waals surface area contributed by atoms with E-state index in [0.717, 1.165) is 24.2 Å². The summed E-state index contributed by atoms with van der Waals surface area (Å²) in [5.41, 5.74) is 9.84. The normalized spacial score (nSPS) is 10.4. The molecule has 0 fully saturated rings. The van der Waals surface area contributed by atoms with Gasteiger partial charge in [-0.1, -0.05) is 24.3 Å². The Morgan fingerprint density at radius 3 is 2.53 bits per heavy atom. The van der Waals surface area contributed by atoms with Crippen LogP contribution in [0.4, 0.5) is 5.69 Å². The van der Waals surface area contributed by atoms with E-state index in [2.05, 4.69) is 29.2 Å². The Kier molecular flexibility index (Phi) is 3.73. The molecule has 2 N–H and O–H groups in total. The fourth-order valence-corrected chi connectivity index (χ4v) is 1.70. The number of anilines is 1. The van der Waals surface area contributed by atoms with E-state index in [4.69, 9.17) is 10.5 Å². The number of hydrogen-bond donors (Lipinski definition) is 1. The number of rotatable bonds is 4. The number of nitrogen functional groups attached to an aromatic ring is 1. The Hall–Kier alpha value is -1.87. The third-order valence-corrected chi connectivity index (χ3v) is 2.64. The van der Waals surface area contributed by atoms with Crippen molar-refractivity contribution in [2.75, 3.05) is 19.5 Å². The molecule has 0 unspecified atom stereocenters. The van der Waals surface area contributed by atoms with Crippen LogP contribution in [0.1, 0.15) is 5.56 Å². The number of hydrogen-bond acceptors (Lipinski definition) is 3. The lowest BCUT2D eigenvalue weighted by atomic mass is 10.0. The van der Waals surface area contributed by atoms with Crippen LogP contribution in [-0.2, 0) is 11.2 Å². The van der Waals surface area contributed by atoms with Crippen LogP contribution in [0.25, 0.3) is 11.1 Å². The van der Waals surface area contributed by atoms with Gasteiger partial charge in [0, 0.05) is 25.1 Å². The molecule has 2 rings (SSSR count). The van der Waals surface area contributed by atoms with Gasteiger partial charge in [-0.2, -0.15) is 0 Å². The lowest BCUT2D eigenvalue weighted by Crippen LogP contribution is -1.94. The van der Waals surface area contributed by atoms with Crippen molar-refractivity contribution in [2.24, 2.45) is 0 Å². The van der Waals surface area contributed by atoms with Crippen molar-refractivity contribution in [3.05, 3.63) is 48.3 Å². The van der Waals surface area contributed by atoms with Crippen LogP contribution in [-0.4, -0.2) is 18.7 Å². The summed E-state index contributed by atoms with van der Waals surface area (Å²) in [7, 11) is 1.72. The van der Waals surface area contributed by atoms with Crippen LogP contribution >= 0.6 is 0 Å². The number of nitrogens with zero attached hydrogens (tertiary/aromatic N) is 1. The number of methoxy groups -OCH3 is 1. The van der Waals surface area contributed by atoms with Gasteiger partial charge < -0.3 is 10.5 Å². The molecule has 0 spiro atoms. The maximum atomic E-state index is 5.71. The third-order valence-electron chi connectivity index (χ3n) is 2.64. The van der Waals surface area contributed by atoms with Gasteiger partial charge in [-0.25, -0.2) is 0 Å². The third kappa shape index (κ3) is 3.04. The van der Waals surface area contributed by atoms with Crippen LogP contribution in [0.3, 0.4) is 0 Å². The van der Waals surface area contributed by atoms with Gasteiger partial charge in [-0.15, -0.1) is 0 Å². The summed E-state index contributed by atoms with van der Waals surface area (Å²) in [4.78, 5) is 4.09. The van der Waals surface area contributed by atoms with Crippen LogP contribution in [0.5, 0.6) is 0 Å². The van der Waals surface area contributed by atoms with Crippen molar-refractivity contribution in [1.29, 1.82) is 0 Å².